The first kappa shape index (κ1) is 20.7. The molecule has 1 amide bonds. The van der Waals surface area contributed by atoms with Gasteiger partial charge in [-0.05, 0) is 41.1 Å². The van der Waals surface area contributed by atoms with Crippen LogP contribution in [0.2, 0.25) is 5.02 Å². The van der Waals surface area contributed by atoms with Gasteiger partial charge in [-0.15, -0.1) is 0 Å². The third-order valence-corrected chi connectivity index (χ3v) is 7.24. The molecule has 0 aliphatic carbocycles. The highest BCUT2D eigenvalue weighted by molar-refractivity contribution is 7.89. The number of ether oxygens (including phenoxy) is 1. The molecule has 1 aliphatic rings. The quantitative estimate of drug-likeness (QED) is 0.605. The van der Waals surface area contributed by atoms with Crippen molar-refractivity contribution in [2.24, 2.45) is 0 Å². The molecular formula is C22H21ClN2O4S. The number of rotatable bonds is 5. The van der Waals surface area contributed by atoms with E-state index >= 15 is 0 Å². The van der Waals surface area contributed by atoms with E-state index in [4.69, 9.17) is 16.3 Å². The summed E-state index contributed by atoms with van der Waals surface area (Å²) < 4.78 is 33.0. The van der Waals surface area contributed by atoms with Gasteiger partial charge in [0.15, 0.2) is 6.61 Å². The first-order valence-electron chi connectivity index (χ1n) is 9.58. The molecule has 0 unspecified atom stereocenters. The van der Waals surface area contributed by atoms with Crippen LogP contribution in [0, 0.1) is 0 Å². The van der Waals surface area contributed by atoms with Gasteiger partial charge in [0.1, 0.15) is 5.75 Å². The van der Waals surface area contributed by atoms with Crippen molar-refractivity contribution in [3.8, 4) is 5.75 Å². The number of hydrogen-bond donors (Lipinski definition) is 0. The summed E-state index contributed by atoms with van der Waals surface area (Å²) in [4.78, 5) is 14.3. The van der Waals surface area contributed by atoms with Crippen molar-refractivity contribution >= 4 is 38.3 Å². The Morgan fingerprint density at radius 1 is 0.900 bits per heavy atom. The molecule has 156 valence electrons. The number of hydrogen-bond acceptors (Lipinski definition) is 4. The van der Waals surface area contributed by atoms with Gasteiger partial charge in [-0.25, -0.2) is 8.42 Å². The van der Waals surface area contributed by atoms with Gasteiger partial charge in [0.2, 0.25) is 10.0 Å². The summed E-state index contributed by atoms with van der Waals surface area (Å²) in [5.74, 6) is 0.339. The Bertz CT molecular complexity index is 1170. The van der Waals surface area contributed by atoms with E-state index in [-0.39, 0.29) is 30.5 Å². The second-order valence-corrected chi connectivity index (χ2v) is 9.41. The molecule has 1 heterocycles. The van der Waals surface area contributed by atoms with Crippen molar-refractivity contribution in [2.75, 3.05) is 32.8 Å². The maximum Gasteiger partial charge on any atom is 0.260 e. The summed E-state index contributed by atoms with van der Waals surface area (Å²) in [7, 11) is -3.61. The van der Waals surface area contributed by atoms with Gasteiger partial charge < -0.3 is 9.64 Å². The average molecular weight is 445 g/mol. The van der Waals surface area contributed by atoms with Gasteiger partial charge >= 0.3 is 0 Å². The Hall–Kier alpha value is -2.61. The van der Waals surface area contributed by atoms with E-state index < -0.39 is 10.0 Å². The third-order valence-electron chi connectivity index (χ3n) is 5.11. The van der Waals surface area contributed by atoms with Gasteiger partial charge in [-0.1, -0.05) is 48.0 Å². The van der Waals surface area contributed by atoms with Crippen LogP contribution in [0.5, 0.6) is 5.75 Å². The first-order chi connectivity index (χ1) is 14.4. The van der Waals surface area contributed by atoms with E-state index in [0.717, 1.165) is 10.8 Å². The molecule has 0 radical (unpaired) electrons. The summed E-state index contributed by atoms with van der Waals surface area (Å²) in [6, 6.07) is 19.6. The molecule has 0 spiro atoms. The van der Waals surface area contributed by atoms with Crippen molar-refractivity contribution in [1.82, 2.24) is 9.21 Å². The van der Waals surface area contributed by atoms with Crippen LogP contribution >= 0.6 is 11.6 Å². The van der Waals surface area contributed by atoms with E-state index in [2.05, 4.69) is 0 Å². The van der Waals surface area contributed by atoms with Crippen LogP contribution in [0.15, 0.2) is 71.6 Å². The Morgan fingerprint density at radius 3 is 2.37 bits per heavy atom. The number of sulfonamides is 1. The predicted molar refractivity (Wildman–Crippen MR) is 116 cm³/mol. The highest BCUT2D eigenvalue weighted by Crippen LogP contribution is 2.23. The molecule has 3 aromatic carbocycles. The first-order valence-corrected chi connectivity index (χ1v) is 11.4. The van der Waals surface area contributed by atoms with Crippen LogP contribution in [-0.2, 0) is 14.8 Å². The number of nitrogens with zero attached hydrogens (tertiary/aromatic N) is 2. The van der Waals surface area contributed by atoms with Crippen LogP contribution in [0.25, 0.3) is 10.8 Å². The fraction of sp³-hybridized carbons (Fsp3) is 0.227. The average Bonchev–Trinajstić information content (AvgIpc) is 2.77. The molecule has 0 N–H and O–H groups in total. The molecule has 0 atom stereocenters. The third kappa shape index (κ3) is 4.43. The van der Waals surface area contributed by atoms with Crippen molar-refractivity contribution in [1.29, 1.82) is 0 Å². The summed E-state index contributed by atoms with van der Waals surface area (Å²) in [5, 5.41) is 2.41. The van der Waals surface area contributed by atoms with E-state index in [0.29, 0.717) is 23.9 Å². The minimum atomic E-state index is -3.61. The number of fused-ring (bicyclic) bond motifs is 1. The molecule has 1 fully saturated rings. The lowest BCUT2D eigenvalue weighted by Gasteiger charge is -2.34. The molecule has 0 saturated carbocycles. The number of halogens is 1. The highest BCUT2D eigenvalue weighted by atomic mass is 35.5. The normalized spacial score (nSPS) is 15.3. The van der Waals surface area contributed by atoms with E-state index in [1.807, 2.05) is 30.3 Å². The second kappa shape index (κ2) is 8.63. The Balaban J connectivity index is 1.37. The minimum Gasteiger partial charge on any atom is -0.484 e. The zero-order chi connectivity index (χ0) is 21.1. The molecule has 1 aliphatic heterocycles. The van der Waals surface area contributed by atoms with Gasteiger partial charge in [0.05, 0.1) is 4.90 Å². The van der Waals surface area contributed by atoms with Crippen molar-refractivity contribution < 1.29 is 17.9 Å². The predicted octanol–water partition coefficient (Wildman–Crippen LogP) is 3.41. The van der Waals surface area contributed by atoms with Gasteiger partial charge in [0, 0.05) is 31.2 Å². The van der Waals surface area contributed by atoms with E-state index in [1.165, 1.54) is 4.31 Å². The largest absolute Gasteiger partial charge is 0.484 e. The smallest absolute Gasteiger partial charge is 0.260 e. The standard InChI is InChI=1S/C22H21ClN2O4S/c23-19-6-3-7-20(15-19)29-16-22(26)24-10-12-25(13-11-24)30(27,28)21-9-8-17-4-1-2-5-18(17)14-21/h1-9,14-15H,10-13,16H2. The molecule has 4 rings (SSSR count). The van der Waals surface area contributed by atoms with Crippen LogP contribution in [0.3, 0.4) is 0 Å². The van der Waals surface area contributed by atoms with Gasteiger partial charge in [0.25, 0.3) is 5.91 Å². The summed E-state index contributed by atoms with van der Waals surface area (Å²) >= 11 is 5.91. The Labute approximate surface area is 180 Å². The van der Waals surface area contributed by atoms with Crippen molar-refractivity contribution in [3.05, 3.63) is 71.8 Å². The Kier molecular flexibility index (Phi) is 5.94. The molecule has 3 aromatic rings. The van der Waals surface area contributed by atoms with Crippen molar-refractivity contribution in [3.63, 3.8) is 0 Å². The lowest BCUT2D eigenvalue weighted by Crippen LogP contribution is -2.51. The van der Waals surface area contributed by atoms with Gasteiger partial charge in [-0.3, -0.25) is 4.79 Å². The number of carbonyl (C=O) groups excluding carboxylic acids is 1. The maximum absolute atomic E-state index is 13.0. The molecule has 0 bridgehead atoms. The molecule has 8 heteroatoms. The Morgan fingerprint density at radius 2 is 1.63 bits per heavy atom. The number of piperazine rings is 1. The van der Waals surface area contributed by atoms with Crippen LogP contribution in [0.1, 0.15) is 0 Å². The van der Waals surface area contributed by atoms with Crippen molar-refractivity contribution in [2.45, 2.75) is 4.90 Å². The number of carbonyl (C=O) groups is 1. The lowest BCUT2D eigenvalue weighted by atomic mass is 10.1. The van der Waals surface area contributed by atoms with E-state index in [9.17, 15) is 13.2 Å². The second-order valence-electron chi connectivity index (χ2n) is 7.04. The van der Waals surface area contributed by atoms with Crippen LogP contribution in [0.4, 0.5) is 0 Å². The van der Waals surface area contributed by atoms with E-state index in [1.54, 1.807) is 41.3 Å². The summed E-state index contributed by atoms with van der Waals surface area (Å²) in [5.41, 5.74) is 0. The topological polar surface area (TPSA) is 66.9 Å². The molecular weight excluding hydrogens is 424 g/mol. The number of benzene rings is 3. The zero-order valence-electron chi connectivity index (χ0n) is 16.2. The summed E-state index contributed by atoms with van der Waals surface area (Å²) in [6.07, 6.45) is 0. The van der Waals surface area contributed by atoms with Crippen LogP contribution < -0.4 is 4.74 Å². The summed E-state index contributed by atoms with van der Waals surface area (Å²) in [6.45, 7) is 1.03. The highest BCUT2D eigenvalue weighted by Gasteiger charge is 2.30. The van der Waals surface area contributed by atoms with Crippen LogP contribution in [-0.4, -0.2) is 56.3 Å². The fourth-order valence-electron chi connectivity index (χ4n) is 3.45. The fourth-order valence-corrected chi connectivity index (χ4v) is 5.09. The zero-order valence-corrected chi connectivity index (χ0v) is 17.8. The monoisotopic (exact) mass is 444 g/mol. The number of amides is 1. The van der Waals surface area contributed by atoms with Gasteiger partial charge in [-0.2, -0.15) is 4.31 Å². The lowest BCUT2D eigenvalue weighted by molar-refractivity contribution is -0.134. The molecule has 30 heavy (non-hydrogen) atoms. The molecule has 6 nitrogen and oxygen atoms in total. The molecule has 1 saturated heterocycles. The SMILES string of the molecule is O=C(COc1cccc(Cl)c1)N1CCN(S(=O)(=O)c2ccc3ccccc3c2)CC1. The maximum atomic E-state index is 13.0. The minimum absolute atomic E-state index is 0.113. The molecule has 0 aromatic heterocycles.